The van der Waals surface area contributed by atoms with Crippen LogP contribution >= 0.6 is 15.9 Å². The van der Waals surface area contributed by atoms with E-state index in [9.17, 15) is 0 Å². The second-order valence-electron chi connectivity index (χ2n) is 3.20. The molecule has 0 atom stereocenters. The normalized spacial score (nSPS) is 10.4. The minimum absolute atomic E-state index is 0.868. The molecule has 0 saturated carbocycles. The number of benzene rings is 1. The second-order valence-corrected chi connectivity index (χ2v) is 4.01. The van der Waals surface area contributed by atoms with Gasteiger partial charge in [-0.15, -0.1) is 0 Å². The smallest absolute Gasteiger partial charge is 0.106 e. The summed E-state index contributed by atoms with van der Waals surface area (Å²) in [6, 6.07) is 10.4. The summed E-state index contributed by atoms with van der Waals surface area (Å²) in [5, 5.41) is 0. The Morgan fingerprint density at radius 2 is 2.00 bits per heavy atom. The summed E-state index contributed by atoms with van der Waals surface area (Å²) in [7, 11) is 0. The summed E-state index contributed by atoms with van der Waals surface area (Å²) >= 11 is 3.48. The number of aromatic nitrogens is 2. The van der Waals surface area contributed by atoms with E-state index in [1.54, 1.807) is 0 Å². The van der Waals surface area contributed by atoms with Gasteiger partial charge in [-0.05, 0) is 28.4 Å². The van der Waals surface area contributed by atoms with Crippen molar-refractivity contribution in [1.82, 2.24) is 9.55 Å². The van der Waals surface area contributed by atoms with Crippen molar-refractivity contribution >= 4 is 15.9 Å². The first-order chi connectivity index (χ1) is 6.77. The molecule has 0 radical (unpaired) electrons. The molecule has 0 aliphatic carbocycles. The van der Waals surface area contributed by atoms with Gasteiger partial charge < -0.3 is 4.57 Å². The van der Waals surface area contributed by atoms with Gasteiger partial charge >= 0.3 is 0 Å². The van der Waals surface area contributed by atoms with Gasteiger partial charge in [0.15, 0.2) is 0 Å². The van der Waals surface area contributed by atoms with Crippen molar-refractivity contribution in [2.75, 3.05) is 0 Å². The molecule has 14 heavy (non-hydrogen) atoms. The van der Waals surface area contributed by atoms with Crippen molar-refractivity contribution in [2.24, 2.45) is 0 Å². The highest BCUT2D eigenvalue weighted by Crippen LogP contribution is 2.14. The molecule has 0 spiro atoms. The monoisotopic (exact) mass is 250 g/mol. The highest BCUT2D eigenvalue weighted by atomic mass is 79.9. The van der Waals surface area contributed by atoms with Gasteiger partial charge in [0.25, 0.3) is 0 Å². The standard InChI is InChI=1S/C11H11BrN2/c1-9-13-7-11(12)14(9)8-10-5-3-2-4-6-10/h2-7H,8H2,1H3. The topological polar surface area (TPSA) is 17.8 Å². The fourth-order valence-corrected chi connectivity index (χ4v) is 1.88. The molecule has 0 aliphatic rings. The van der Waals surface area contributed by atoms with Gasteiger partial charge in [0.05, 0.1) is 6.20 Å². The van der Waals surface area contributed by atoms with E-state index in [1.165, 1.54) is 5.56 Å². The van der Waals surface area contributed by atoms with Crippen LogP contribution in [0.3, 0.4) is 0 Å². The van der Waals surface area contributed by atoms with Crippen molar-refractivity contribution in [2.45, 2.75) is 13.5 Å². The third kappa shape index (κ3) is 1.87. The molecule has 0 aliphatic heterocycles. The van der Waals surface area contributed by atoms with Crippen LogP contribution in [0.5, 0.6) is 0 Å². The summed E-state index contributed by atoms with van der Waals surface area (Å²) in [6.45, 7) is 2.88. The van der Waals surface area contributed by atoms with E-state index in [1.807, 2.05) is 19.2 Å². The maximum Gasteiger partial charge on any atom is 0.106 e. The molecule has 0 bridgehead atoms. The number of aryl methyl sites for hydroxylation is 1. The highest BCUT2D eigenvalue weighted by molar-refractivity contribution is 9.10. The van der Waals surface area contributed by atoms with Gasteiger partial charge in [-0.1, -0.05) is 30.3 Å². The average molecular weight is 251 g/mol. The zero-order valence-electron chi connectivity index (χ0n) is 7.94. The molecule has 2 rings (SSSR count). The largest absolute Gasteiger partial charge is 0.319 e. The van der Waals surface area contributed by atoms with Crippen LogP contribution in [0, 0.1) is 6.92 Å². The fraction of sp³-hybridized carbons (Fsp3) is 0.182. The van der Waals surface area contributed by atoms with E-state index in [-0.39, 0.29) is 0 Å². The van der Waals surface area contributed by atoms with Crippen molar-refractivity contribution < 1.29 is 0 Å². The molecule has 1 aromatic carbocycles. The van der Waals surface area contributed by atoms with Gasteiger partial charge in [0.1, 0.15) is 10.4 Å². The Balaban J connectivity index is 2.27. The predicted molar refractivity (Wildman–Crippen MR) is 60.2 cm³/mol. The van der Waals surface area contributed by atoms with Crippen LogP contribution in [0.4, 0.5) is 0 Å². The first-order valence-corrected chi connectivity index (χ1v) is 5.28. The van der Waals surface area contributed by atoms with E-state index >= 15 is 0 Å². The fourth-order valence-electron chi connectivity index (χ4n) is 1.40. The van der Waals surface area contributed by atoms with E-state index in [4.69, 9.17) is 0 Å². The van der Waals surface area contributed by atoms with Gasteiger partial charge in [0.2, 0.25) is 0 Å². The molecule has 0 N–H and O–H groups in total. The van der Waals surface area contributed by atoms with E-state index in [0.29, 0.717) is 0 Å². The number of hydrogen-bond donors (Lipinski definition) is 0. The minimum Gasteiger partial charge on any atom is -0.319 e. The molecular formula is C11H11BrN2. The molecule has 3 heteroatoms. The lowest BCUT2D eigenvalue weighted by Crippen LogP contribution is -2.01. The van der Waals surface area contributed by atoms with Crippen LogP contribution < -0.4 is 0 Å². The van der Waals surface area contributed by atoms with Crippen LogP contribution in [0.15, 0.2) is 41.1 Å². The maximum absolute atomic E-state index is 4.23. The first-order valence-electron chi connectivity index (χ1n) is 4.49. The van der Waals surface area contributed by atoms with E-state index < -0.39 is 0 Å². The lowest BCUT2D eigenvalue weighted by atomic mass is 10.2. The quantitative estimate of drug-likeness (QED) is 0.802. The molecule has 1 heterocycles. The molecule has 0 unspecified atom stereocenters. The summed E-state index contributed by atoms with van der Waals surface area (Å²) in [5.41, 5.74) is 1.29. The van der Waals surface area contributed by atoms with Crippen molar-refractivity contribution in [3.05, 3.63) is 52.5 Å². The number of hydrogen-bond acceptors (Lipinski definition) is 1. The number of halogens is 1. The Labute approximate surface area is 91.7 Å². The molecule has 1 aromatic heterocycles. The van der Waals surface area contributed by atoms with Crippen molar-refractivity contribution in [3.8, 4) is 0 Å². The third-order valence-electron chi connectivity index (χ3n) is 2.19. The number of imidazole rings is 1. The van der Waals surface area contributed by atoms with Crippen LogP contribution in [0.25, 0.3) is 0 Å². The Hall–Kier alpha value is -1.09. The molecule has 72 valence electrons. The van der Waals surface area contributed by atoms with Gasteiger partial charge in [-0.25, -0.2) is 4.98 Å². The highest BCUT2D eigenvalue weighted by Gasteiger charge is 2.03. The van der Waals surface area contributed by atoms with Crippen molar-refractivity contribution in [1.29, 1.82) is 0 Å². The Morgan fingerprint density at radius 3 is 2.57 bits per heavy atom. The SMILES string of the molecule is Cc1ncc(Br)n1Cc1ccccc1. The molecule has 0 amide bonds. The Bertz CT molecular complexity index is 401. The first kappa shape index (κ1) is 9.46. The van der Waals surface area contributed by atoms with Crippen LogP contribution in [-0.4, -0.2) is 9.55 Å². The maximum atomic E-state index is 4.23. The van der Waals surface area contributed by atoms with Crippen LogP contribution in [0.1, 0.15) is 11.4 Å². The molecular weight excluding hydrogens is 240 g/mol. The van der Waals surface area contributed by atoms with Gasteiger partial charge in [-0.2, -0.15) is 0 Å². The minimum atomic E-state index is 0.868. The molecule has 2 nitrogen and oxygen atoms in total. The molecule has 0 saturated heterocycles. The summed E-state index contributed by atoms with van der Waals surface area (Å²) in [6.07, 6.45) is 1.83. The van der Waals surface area contributed by atoms with Gasteiger partial charge in [0, 0.05) is 6.54 Å². The lowest BCUT2D eigenvalue weighted by molar-refractivity contribution is 0.746. The molecule has 0 fully saturated rings. The van der Waals surface area contributed by atoms with Gasteiger partial charge in [-0.3, -0.25) is 0 Å². The zero-order chi connectivity index (χ0) is 9.97. The predicted octanol–water partition coefficient (Wildman–Crippen LogP) is 3.00. The second kappa shape index (κ2) is 3.96. The summed E-state index contributed by atoms with van der Waals surface area (Å²) in [5.74, 6) is 1.03. The zero-order valence-corrected chi connectivity index (χ0v) is 9.53. The Morgan fingerprint density at radius 1 is 1.29 bits per heavy atom. The van der Waals surface area contributed by atoms with Crippen molar-refractivity contribution in [3.63, 3.8) is 0 Å². The van der Waals surface area contributed by atoms with E-state index in [2.05, 4.69) is 49.7 Å². The molecule has 2 aromatic rings. The lowest BCUT2D eigenvalue weighted by Gasteiger charge is -2.06. The van der Waals surface area contributed by atoms with Crippen LogP contribution in [0.2, 0.25) is 0 Å². The summed E-state index contributed by atoms with van der Waals surface area (Å²) < 4.78 is 3.16. The summed E-state index contributed by atoms with van der Waals surface area (Å²) in [4.78, 5) is 4.23. The Kier molecular flexibility index (Phi) is 2.68. The number of nitrogens with zero attached hydrogens (tertiary/aromatic N) is 2. The average Bonchev–Trinajstić information content (AvgIpc) is 2.51. The van der Waals surface area contributed by atoms with E-state index in [0.717, 1.165) is 17.0 Å². The number of rotatable bonds is 2. The third-order valence-corrected chi connectivity index (χ3v) is 2.82. The van der Waals surface area contributed by atoms with Crippen LogP contribution in [-0.2, 0) is 6.54 Å².